The average molecular weight is 510 g/mol. The lowest BCUT2D eigenvalue weighted by Crippen LogP contribution is -2.35. The molecule has 35 heavy (non-hydrogen) atoms. The molecule has 1 heterocycles. The molecule has 3 aromatic carbocycles. The molecule has 184 valence electrons. The first-order valence-electron chi connectivity index (χ1n) is 12.5. The second kappa shape index (κ2) is 12.6. The van der Waals surface area contributed by atoms with Gasteiger partial charge in [0.1, 0.15) is 0 Å². The SMILES string of the molecule is NC(=O)Cc1ccccc1CC(CCN1CCC(Cc2ccccc2)CC1)c1ccc(Cl)c(Cl)c1. The maximum Gasteiger partial charge on any atom is 0.221 e. The number of benzene rings is 3. The molecule has 0 aliphatic carbocycles. The van der Waals surface area contributed by atoms with Crippen LogP contribution in [0.3, 0.4) is 0 Å². The Morgan fingerprint density at radius 3 is 2.29 bits per heavy atom. The number of nitrogens with two attached hydrogens (primary N) is 1. The van der Waals surface area contributed by atoms with Crippen molar-refractivity contribution in [1.82, 2.24) is 4.90 Å². The van der Waals surface area contributed by atoms with E-state index < -0.39 is 0 Å². The summed E-state index contributed by atoms with van der Waals surface area (Å²) in [4.78, 5) is 14.2. The van der Waals surface area contributed by atoms with E-state index in [9.17, 15) is 4.79 Å². The molecule has 3 nitrogen and oxygen atoms in total. The highest BCUT2D eigenvalue weighted by atomic mass is 35.5. The first kappa shape index (κ1) is 25.8. The van der Waals surface area contributed by atoms with Gasteiger partial charge in [0.2, 0.25) is 5.91 Å². The smallest absolute Gasteiger partial charge is 0.221 e. The summed E-state index contributed by atoms with van der Waals surface area (Å²) in [7, 11) is 0. The molecule has 1 atom stereocenters. The van der Waals surface area contributed by atoms with Gasteiger partial charge in [0, 0.05) is 0 Å². The van der Waals surface area contributed by atoms with Crippen LogP contribution in [0.5, 0.6) is 0 Å². The van der Waals surface area contributed by atoms with Crippen LogP contribution in [-0.4, -0.2) is 30.4 Å². The Hall–Kier alpha value is -2.33. The van der Waals surface area contributed by atoms with Crippen LogP contribution in [0.25, 0.3) is 0 Å². The van der Waals surface area contributed by atoms with Crippen LogP contribution >= 0.6 is 23.2 Å². The number of carbonyl (C=O) groups excluding carboxylic acids is 1. The molecule has 2 N–H and O–H groups in total. The van der Waals surface area contributed by atoms with Crippen LogP contribution < -0.4 is 5.73 Å². The van der Waals surface area contributed by atoms with Crippen LogP contribution in [0, 0.1) is 5.92 Å². The minimum atomic E-state index is -0.304. The number of amides is 1. The number of primary amides is 1. The zero-order valence-corrected chi connectivity index (χ0v) is 21.6. The molecular formula is C30H34Cl2N2O. The predicted octanol–water partition coefficient (Wildman–Crippen LogP) is 6.69. The molecular weight excluding hydrogens is 475 g/mol. The van der Waals surface area contributed by atoms with Crippen LogP contribution in [-0.2, 0) is 24.1 Å². The van der Waals surface area contributed by atoms with Crippen molar-refractivity contribution < 1.29 is 4.79 Å². The lowest BCUT2D eigenvalue weighted by atomic mass is 9.86. The van der Waals surface area contributed by atoms with Gasteiger partial charge in [-0.2, -0.15) is 0 Å². The van der Waals surface area contributed by atoms with E-state index in [0.717, 1.165) is 44.0 Å². The zero-order chi connectivity index (χ0) is 24.6. The number of hydrogen-bond acceptors (Lipinski definition) is 2. The number of nitrogens with zero attached hydrogens (tertiary/aromatic N) is 1. The third-order valence-corrected chi connectivity index (χ3v) is 7.97. The standard InChI is InChI=1S/C30H34Cl2N2O/c31-28-11-10-26(20-29(28)32)27(19-24-8-4-5-9-25(24)21-30(33)35)14-17-34-15-12-23(13-16-34)18-22-6-2-1-3-7-22/h1-11,20,23,27H,12-19,21H2,(H2,33,35). The Morgan fingerprint density at radius 2 is 1.60 bits per heavy atom. The van der Waals surface area contributed by atoms with E-state index >= 15 is 0 Å². The quantitative estimate of drug-likeness (QED) is 0.331. The number of likely N-dealkylation sites (tertiary alicyclic amines) is 1. The number of piperidine rings is 1. The number of rotatable bonds is 10. The number of carbonyl (C=O) groups is 1. The molecule has 0 spiro atoms. The molecule has 1 amide bonds. The first-order chi connectivity index (χ1) is 17.0. The summed E-state index contributed by atoms with van der Waals surface area (Å²) in [5.74, 6) is 0.739. The molecule has 0 bridgehead atoms. The zero-order valence-electron chi connectivity index (χ0n) is 20.1. The van der Waals surface area contributed by atoms with Crippen LogP contribution in [0.2, 0.25) is 10.0 Å². The Labute approximate surface area is 219 Å². The van der Waals surface area contributed by atoms with Gasteiger partial charge in [-0.05, 0) is 98.0 Å². The normalized spacial score (nSPS) is 15.7. The summed E-state index contributed by atoms with van der Waals surface area (Å²) in [6.45, 7) is 3.33. The molecule has 1 aliphatic rings. The van der Waals surface area contributed by atoms with E-state index in [-0.39, 0.29) is 18.2 Å². The molecule has 1 fully saturated rings. The maximum atomic E-state index is 11.6. The monoisotopic (exact) mass is 508 g/mol. The van der Waals surface area contributed by atoms with Gasteiger partial charge in [-0.25, -0.2) is 0 Å². The molecule has 0 radical (unpaired) electrons. The molecule has 4 rings (SSSR count). The molecule has 0 saturated carbocycles. The molecule has 0 aromatic heterocycles. The van der Waals surface area contributed by atoms with Crippen molar-refractivity contribution in [3.8, 4) is 0 Å². The van der Waals surface area contributed by atoms with E-state index in [4.69, 9.17) is 28.9 Å². The molecule has 3 aromatic rings. The van der Waals surface area contributed by atoms with E-state index in [2.05, 4.69) is 47.4 Å². The Kier molecular flexibility index (Phi) is 9.25. The molecule has 5 heteroatoms. The maximum absolute atomic E-state index is 11.6. The summed E-state index contributed by atoms with van der Waals surface area (Å²) in [5.41, 5.74) is 10.3. The van der Waals surface area contributed by atoms with Crippen molar-refractivity contribution in [1.29, 1.82) is 0 Å². The second-order valence-electron chi connectivity index (χ2n) is 9.75. The van der Waals surface area contributed by atoms with E-state index in [1.807, 2.05) is 30.3 Å². The Bertz CT molecular complexity index is 1110. The van der Waals surface area contributed by atoms with Crippen LogP contribution in [0.1, 0.15) is 47.4 Å². The second-order valence-corrected chi connectivity index (χ2v) is 10.6. The fourth-order valence-electron chi connectivity index (χ4n) is 5.24. The van der Waals surface area contributed by atoms with Gasteiger partial charge in [-0.15, -0.1) is 0 Å². The molecule has 1 aliphatic heterocycles. The van der Waals surface area contributed by atoms with Gasteiger partial charge in [-0.3, -0.25) is 4.79 Å². The fourth-order valence-corrected chi connectivity index (χ4v) is 5.54. The minimum Gasteiger partial charge on any atom is -0.369 e. The van der Waals surface area contributed by atoms with Gasteiger partial charge in [0.25, 0.3) is 0 Å². The highest BCUT2D eigenvalue weighted by Gasteiger charge is 2.22. The lowest BCUT2D eigenvalue weighted by molar-refractivity contribution is -0.117. The first-order valence-corrected chi connectivity index (χ1v) is 13.3. The van der Waals surface area contributed by atoms with Crippen LogP contribution in [0.4, 0.5) is 0 Å². The number of hydrogen-bond donors (Lipinski definition) is 1. The topological polar surface area (TPSA) is 46.3 Å². The van der Waals surface area contributed by atoms with Crippen molar-refractivity contribution in [2.75, 3.05) is 19.6 Å². The van der Waals surface area contributed by atoms with Gasteiger partial charge in [0.15, 0.2) is 0 Å². The Balaban J connectivity index is 1.41. The van der Waals surface area contributed by atoms with Crippen LogP contribution in [0.15, 0.2) is 72.8 Å². The largest absolute Gasteiger partial charge is 0.369 e. The van der Waals surface area contributed by atoms with Gasteiger partial charge in [-0.1, -0.05) is 83.9 Å². The third kappa shape index (κ3) is 7.57. The highest BCUT2D eigenvalue weighted by Crippen LogP contribution is 2.32. The van der Waals surface area contributed by atoms with E-state index in [1.165, 1.54) is 36.0 Å². The third-order valence-electron chi connectivity index (χ3n) is 7.23. The van der Waals surface area contributed by atoms with Crippen molar-refractivity contribution in [2.45, 2.75) is 44.4 Å². The number of halogens is 2. The van der Waals surface area contributed by atoms with Crippen molar-refractivity contribution in [3.05, 3.63) is 105 Å². The summed E-state index contributed by atoms with van der Waals surface area (Å²) < 4.78 is 0. The van der Waals surface area contributed by atoms with Gasteiger partial charge < -0.3 is 10.6 Å². The van der Waals surface area contributed by atoms with Gasteiger partial charge in [0.05, 0.1) is 16.5 Å². The molecule has 1 saturated heterocycles. The van der Waals surface area contributed by atoms with Gasteiger partial charge >= 0.3 is 0 Å². The summed E-state index contributed by atoms with van der Waals surface area (Å²) in [6, 6.07) is 24.9. The lowest BCUT2D eigenvalue weighted by Gasteiger charge is -2.33. The highest BCUT2D eigenvalue weighted by molar-refractivity contribution is 6.42. The minimum absolute atomic E-state index is 0.263. The van der Waals surface area contributed by atoms with E-state index in [0.29, 0.717) is 10.0 Å². The Morgan fingerprint density at radius 1 is 0.914 bits per heavy atom. The predicted molar refractivity (Wildman–Crippen MR) is 146 cm³/mol. The summed E-state index contributed by atoms with van der Waals surface area (Å²) in [6.07, 6.45) is 5.79. The summed E-state index contributed by atoms with van der Waals surface area (Å²) >= 11 is 12.6. The van der Waals surface area contributed by atoms with Crippen molar-refractivity contribution in [2.24, 2.45) is 11.7 Å². The van der Waals surface area contributed by atoms with E-state index in [1.54, 1.807) is 0 Å². The fraction of sp³-hybridized carbons (Fsp3) is 0.367. The average Bonchev–Trinajstić information content (AvgIpc) is 2.86. The van der Waals surface area contributed by atoms with Crippen molar-refractivity contribution in [3.63, 3.8) is 0 Å². The molecule has 1 unspecified atom stereocenters. The summed E-state index contributed by atoms with van der Waals surface area (Å²) in [5, 5.41) is 1.16. The van der Waals surface area contributed by atoms with Crippen molar-refractivity contribution >= 4 is 29.1 Å².